The number of hydrogen-bond donors (Lipinski definition) is 0. The Labute approximate surface area is 192 Å². The molecule has 4 aromatic rings. The van der Waals surface area contributed by atoms with E-state index in [0.717, 1.165) is 16.5 Å². The molecule has 0 saturated heterocycles. The number of anilines is 1. The molecule has 1 aliphatic heterocycles. The van der Waals surface area contributed by atoms with Gasteiger partial charge in [0.15, 0.2) is 9.84 Å². The smallest absolute Gasteiger partial charge is 0.264 e. The third-order valence-electron chi connectivity index (χ3n) is 5.92. The Bertz CT molecular complexity index is 1660. The molecule has 1 aromatic heterocycles. The van der Waals surface area contributed by atoms with Crippen molar-refractivity contribution in [2.45, 2.75) is 9.79 Å². The average molecular weight is 478 g/mol. The predicted molar refractivity (Wildman–Crippen MR) is 126 cm³/mol. The molecule has 1 aliphatic rings. The highest BCUT2D eigenvalue weighted by molar-refractivity contribution is 7.94. The summed E-state index contributed by atoms with van der Waals surface area (Å²) in [4.78, 5) is 0.103. The van der Waals surface area contributed by atoms with Crippen LogP contribution in [0.3, 0.4) is 0 Å². The van der Waals surface area contributed by atoms with E-state index in [0.29, 0.717) is 11.1 Å². The molecule has 0 N–H and O–H groups in total. The Balaban J connectivity index is 1.65. The highest BCUT2D eigenvalue weighted by Crippen LogP contribution is 2.38. The number of benzene rings is 3. The molecule has 0 atom stereocenters. The van der Waals surface area contributed by atoms with Gasteiger partial charge in [-0.1, -0.05) is 18.2 Å². The van der Waals surface area contributed by atoms with Crippen molar-refractivity contribution < 1.29 is 16.8 Å². The molecule has 0 fully saturated rings. The molecule has 0 saturated carbocycles. The maximum atomic E-state index is 13.6. The lowest BCUT2D eigenvalue weighted by Crippen LogP contribution is -2.39. The summed E-state index contributed by atoms with van der Waals surface area (Å²) in [7, 11) is -5.73. The first-order valence-electron chi connectivity index (χ1n) is 10.2. The summed E-state index contributed by atoms with van der Waals surface area (Å²) in [6.07, 6.45) is 1.85. The third kappa shape index (κ3) is 3.48. The number of aryl methyl sites for hydroxylation is 1. The zero-order valence-corrected chi connectivity index (χ0v) is 19.3. The molecule has 0 bridgehead atoms. The molecule has 0 radical (unpaired) electrons. The van der Waals surface area contributed by atoms with E-state index in [-0.39, 0.29) is 27.8 Å². The largest absolute Gasteiger partial charge is 0.351 e. The Morgan fingerprint density at radius 2 is 1.67 bits per heavy atom. The summed E-state index contributed by atoms with van der Waals surface area (Å²) >= 11 is 0. The quantitative estimate of drug-likeness (QED) is 0.448. The molecule has 166 valence electrons. The number of fused-ring (bicyclic) bond motifs is 2. The van der Waals surface area contributed by atoms with Crippen LogP contribution in [0.5, 0.6) is 0 Å². The fraction of sp³-hybridized carbons (Fsp3) is 0.125. The fourth-order valence-corrected chi connectivity index (χ4v) is 7.21. The van der Waals surface area contributed by atoms with Crippen LogP contribution in [-0.2, 0) is 26.9 Å². The lowest BCUT2D eigenvalue weighted by Gasteiger charge is -2.30. The molecule has 0 unspecified atom stereocenters. The summed E-state index contributed by atoms with van der Waals surface area (Å²) in [5, 5.41) is 9.81. The summed E-state index contributed by atoms with van der Waals surface area (Å²) in [5.74, 6) is -0.289. The molecular formula is C24H19N3O4S2. The van der Waals surface area contributed by atoms with Gasteiger partial charge < -0.3 is 4.57 Å². The molecule has 0 spiro atoms. The monoisotopic (exact) mass is 477 g/mol. The number of nitriles is 1. The minimum atomic E-state index is -4.00. The molecule has 9 heteroatoms. The van der Waals surface area contributed by atoms with Crippen LogP contribution in [0.1, 0.15) is 5.56 Å². The lowest BCUT2D eigenvalue weighted by atomic mass is 10.0. The van der Waals surface area contributed by atoms with Gasteiger partial charge in [0.25, 0.3) is 10.0 Å². The van der Waals surface area contributed by atoms with Crippen molar-refractivity contribution >= 4 is 36.5 Å². The standard InChI is InChI=1S/C24H19N3O4S2/c1-26-11-10-20-14-21(7-8-22(20)26)33(30,31)27-12-13-32(28,29)24-9-6-19(15-23(24)27)18-4-2-17(16-25)3-5-18/h2-11,14-15H,12-13H2,1H3. The molecule has 2 heterocycles. The second kappa shape index (κ2) is 7.47. The van der Waals surface area contributed by atoms with Crippen molar-refractivity contribution in [1.29, 1.82) is 5.26 Å². The molecule has 5 rings (SSSR count). The first-order valence-corrected chi connectivity index (χ1v) is 13.3. The zero-order valence-electron chi connectivity index (χ0n) is 17.6. The number of rotatable bonds is 3. The molecular weight excluding hydrogens is 458 g/mol. The first kappa shape index (κ1) is 21.2. The van der Waals surface area contributed by atoms with Crippen molar-refractivity contribution in [2.24, 2.45) is 7.05 Å². The van der Waals surface area contributed by atoms with E-state index in [1.807, 2.05) is 23.9 Å². The molecule has 0 aliphatic carbocycles. The summed E-state index contributed by atoms with van der Waals surface area (Å²) in [6, 6.07) is 20.3. The minimum Gasteiger partial charge on any atom is -0.351 e. The number of sulfonamides is 1. The van der Waals surface area contributed by atoms with Crippen LogP contribution in [-0.4, -0.2) is 33.7 Å². The first-order chi connectivity index (χ1) is 15.7. The van der Waals surface area contributed by atoms with E-state index in [1.165, 1.54) is 10.4 Å². The topological polar surface area (TPSA) is 100 Å². The number of nitrogens with zero attached hydrogens (tertiary/aromatic N) is 3. The van der Waals surface area contributed by atoms with Crippen molar-refractivity contribution in [3.05, 3.63) is 78.5 Å². The second-order valence-electron chi connectivity index (χ2n) is 7.91. The van der Waals surface area contributed by atoms with E-state index in [4.69, 9.17) is 5.26 Å². The predicted octanol–water partition coefficient (Wildman–Crippen LogP) is 3.70. The van der Waals surface area contributed by atoms with Gasteiger partial charge in [0.2, 0.25) is 0 Å². The Morgan fingerprint density at radius 1 is 0.939 bits per heavy atom. The summed E-state index contributed by atoms with van der Waals surface area (Å²) in [5.41, 5.74) is 2.95. The van der Waals surface area contributed by atoms with Crippen LogP contribution in [0.2, 0.25) is 0 Å². The van der Waals surface area contributed by atoms with Crippen LogP contribution in [0, 0.1) is 11.3 Å². The number of hydrogen-bond acceptors (Lipinski definition) is 5. The van der Waals surface area contributed by atoms with Gasteiger partial charge in [-0.3, -0.25) is 4.31 Å². The van der Waals surface area contributed by atoms with Gasteiger partial charge in [-0.15, -0.1) is 0 Å². The third-order valence-corrected chi connectivity index (χ3v) is 9.46. The van der Waals surface area contributed by atoms with Gasteiger partial charge in [-0.05, 0) is 59.7 Å². The average Bonchev–Trinajstić information content (AvgIpc) is 3.19. The minimum absolute atomic E-state index is 0.00416. The van der Waals surface area contributed by atoms with Crippen molar-refractivity contribution in [3.8, 4) is 17.2 Å². The highest BCUT2D eigenvalue weighted by atomic mass is 32.2. The molecule has 0 amide bonds. The fourth-order valence-electron chi connectivity index (χ4n) is 4.12. The van der Waals surface area contributed by atoms with Crippen LogP contribution < -0.4 is 4.31 Å². The van der Waals surface area contributed by atoms with Crippen molar-refractivity contribution in [3.63, 3.8) is 0 Å². The van der Waals surface area contributed by atoms with E-state index < -0.39 is 19.9 Å². The Kier molecular flexibility index (Phi) is 4.81. The van der Waals surface area contributed by atoms with E-state index >= 15 is 0 Å². The van der Waals surface area contributed by atoms with Crippen molar-refractivity contribution in [1.82, 2.24) is 4.57 Å². The maximum Gasteiger partial charge on any atom is 0.264 e. The van der Waals surface area contributed by atoms with Crippen LogP contribution in [0.25, 0.3) is 22.0 Å². The van der Waals surface area contributed by atoms with Crippen LogP contribution >= 0.6 is 0 Å². The van der Waals surface area contributed by atoms with Gasteiger partial charge in [-0.25, -0.2) is 16.8 Å². The van der Waals surface area contributed by atoms with Gasteiger partial charge in [0.1, 0.15) is 0 Å². The lowest BCUT2D eigenvalue weighted by molar-refractivity contribution is 0.584. The van der Waals surface area contributed by atoms with Crippen LogP contribution in [0.15, 0.2) is 82.7 Å². The number of sulfone groups is 1. The molecule has 7 nitrogen and oxygen atoms in total. The van der Waals surface area contributed by atoms with Gasteiger partial charge in [-0.2, -0.15) is 5.26 Å². The van der Waals surface area contributed by atoms with Crippen molar-refractivity contribution in [2.75, 3.05) is 16.6 Å². The molecule has 3 aromatic carbocycles. The highest BCUT2D eigenvalue weighted by Gasteiger charge is 2.36. The van der Waals surface area contributed by atoms with E-state index in [9.17, 15) is 16.8 Å². The maximum absolute atomic E-state index is 13.6. The van der Waals surface area contributed by atoms with Gasteiger partial charge in [0, 0.05) is 30.7 Å². The summed E-state index contributed by atoms with van der Waals surface area (Å²) in [6.45, 7) is -0.165. The van der Waals surface area contributed by atoms with Gasteiger partial charge >= 0.3 is 0 Å². The summed E-state index contributed by atoms with van der Waals surface area (Å²) < 4.78 is 55.8. The van der Waals surface area contributed by atoms with Crippen LogP contribution in [0.4, 0.5) is 5.69 Å². The SMILES string of the molecule is Cn1ccc2cc(S(=O)(=O)N3CCS(=O)(=O)c4ccc(-c5ccc(C#N)cc5)cc43)ccc21. The molecule has 33 heavy (non-hydrogen) atoms. The second-order valence-corrected chi connectivity index (χ2v) is 11.9. The normalized spacial score (nSPS) is 15.2. The Hall–Kier alpha value is -3.61. The number of aromatic nitrogens is 1. The van der Waals surface area contributed by atoms with E-state index in [2.05, 4.69) is 6.07 Å². The Morgan fingerprint density at radius 3 is 2.39 bits per heavy atom. The van der Waals surface area contributed by atoms with Gasteiger partial charge in [0.05, 0.1) is 32.9 Å². The zero-order chi connectivity index (χ0) is 23.4. The van der Waals surface area contributed by atoms with E-state index in [1.54, 1.807) is 54.6 Å².